The third-order valence-corrected chi connectivity index (χ3v) is 4.51. The van der Waals surface area contributed by atoms with E-state index in [2.05, 4.69) is 10.3 Å². The van der Waals surface area contributed by atoms with Crippen LogP contribution in [-0.4, -0.2) is 25.1 Å². The molecule has 0 bridgehead atoms. The van der Waals surface area contributed by atoms with Crippen molar-refractivity contribution < 1.29 is 18.7 Å². The van der Waals surface area contributed by atoms with E-state index in [0.717, 1.165) is 28.1 Å². The number of hydrogen-bond donors (Lipinski definition) is 1. The zero-order valence-corrected chi connectivity index (χ0v) is 16.1. The lowest BCUT2D eigenvalue weighted by Crippen LogP contribution is -2.14. The lowest BCUT2D eigenvalue weighted by atomic mass is 10.1. The molecule has 0 atom stereocenters. The Kier molecular flexibility index (Phi) is 5.16. The standard InChI is InChI=1S/C23H20N2O4/c1-27-18-9-6-15(7-10-18)12-22(26)24-17-8-11-20-21(14-17)29-23(25-20)16-4-3-5-19(13-16)28-2/h3-11,13-14H,12H2,1-2H3,(H,24,26). The zero-order valence-electron chi connectivity index (χ0n) is 16.1. The summed E-state index contributed by atoms with van der Waals surface area (Å²) in [6.45, 7) is 0. The van der Waals surface area contributed by atoms with Gasteiger partial charge in [0, 0.05) is 17.3 Å². The molecule has 0 saturated heterocycles. The van der Waals surface area contributed by atoms with Gasteiger partial charge in [-0.25, -0.2) is 4.98 Å². The molecule has 0 radical (unpaired) electrons. The monoisotopic (exact) mass is 388 g/mol. The van der Waals surface area contributed by atoms with Crippen LogP contribution in [0.25, 0.3) is 22.6 Å². The van der Waals surface area contributed by atoms with Crippen LogP contribution in [0.15, 0.2) is 71.1 Å². The van der Waals surface area contributed by atoms with Crippen molar-refractivity contribution in [3.63, 3.8) is 0 Å². The summed E-state index contributed by atoms with van der Waals surface area (Å²) >= 11 is 0. The average Bonchev–Trinajstić information content (AvgIpc) is 3.18. The van der Waals surface area contributed by atoms with Crippen molar-refractivity contribution in [1.29, 1.82) is 0 Å². The summed E-state index contributed by atoms with van der Waals surface area (Å²) in [5.74, 6) is 1.88. The van der Waals surface area contributed by atoms with Gasteiger partial charge in [0.1, 0.15) is 17.0 Å². The number of benzene rings is 3. The van der Waals surface area contributed by atoms with Crippen LogP contribution in [0.3, 0.4) is 0 Å². The number of amides is 1. The molecule has 0 unspecified atom stereocenters. The smallest absolute Gasteiger partial charge is 0.228 e. The van der Waals surface area contributed by atoms with Crippen molar-refractivity contribution in [3.8, 4) is 23.0 Å². The minimum absolute atomic E-state index is 0.109. The zero-order chi connectivity index (χ0) is 20.2. The molecule has 1 aromatic heterocycles. The number of fused-ring (bicyclic) bond motifs is 1. The SMILES string of the molecule is COc1ccc(CC(=O)Nc2ccc3nc(-c4cccc(OC)c4)oc3c2)cc1. The molecule has 0 spiro atoms. The number of methoxy groups -OCH3 is 2. The fraction of sp³-hybridized carbons (Fsp3) is 0.130. The van der Waals surface area contributed by atoms with E-state index in [0.29, 0.717) is 17.2 Å². The molecule has 1 N–H and O–H groups in total. The van der Waals surface area contributed by atoms with Crippen molar-refractivity contribution >= 4 is 22.7 Å². The van der Waals surface area contributed by atoms with E-state index >= 15 is 0 Å². The number of carbonyl (C=O) groups is 1. The van der Waals surface area contributed by atoms with Crippen molar-refractivity contribution in [2.45, 2.75) is 6.42 Å². The number of hydrogen-bond acceptors (Lipinski definition) is 5. The Morgan fingerprint density at radius 1 is 0.966 bits per heavy atom. The molecule has 4 rings (SSSR count). The van der Waals surface area contributed by atoms with Gasteiger partial charge in [0.05, 0.1) is 20.6 Å². The first-order valence-corrected chi connectivity index (χ1v) is 9.12. The molecule has 0 aliphatic carbocycles. The van der Waals surface area contributed by atoms with E-state index in [1.54, 1.807) is 20.3 Å². The van der Waals surface area contributed by atoms with E-state index in [4.69, 9.17) is 13.9 Å². The number of nitrogens with one attached hydrogen (secondary N) is 1. The highest BCUT2D eigenvalue weighted by Gasteiger charge is 2.11. The van der Waals surface area contributed by atoms with Gasteiger partial charge < -0.3 is 19.2 Å². The Balaban J connectivity index is 1.50. The number of anilines is 1. The topological polar surface area (TPSA) is 73.6 Å². The van der Waals surface area contributed by atoms with Gasteiger partial charge in [0.2, 0.25) is 11.8 Å². The second-order valence-electron chi connectivity index (χ2n) is 6.51. The maximum Gasteiger partial charge on any atom is 0.228 e. The largest absolute Gasteiger partial charge is 0.497 e. The molecule has 0 aliphatic rings. The molecule has 3 aromatic carbocycles. The van der Waals surface area contributed by atoms with Crippen LogP contribution in [0.4, 0.5) is 5.69 Å². The number of ether oxygens (including phenoxy) is 2. The minimum Gasteiger partial charge on any atom is -0.497 e. The van der Waals surface area contributed by atoms with Gasteiger partial charge in [-0.2, -0.15) is 0 Å². The Morgan fingerprint density at radius 2 is 1.76 bits per heavy atom. The average molecular weight is 388 g/mol. The highest BCUT2D eigenvalue weighted by Crippen LogP contribution is 2.28. The Labute approximate surface area is 168 Å². The van der Waals surface area contributed by atoms with Gasteiger partial charge in [-0.05, 0) is 48.0 Å². The molecule has 1 heterocycles. The summed E-state index contributed by atoms with van der Waals surface area (Å²) in [6, 6.07) is 20.3. The van der Waals surface area contributed by atoms with E-state index < -0.39 is 0 Å². The van der Waals surface area contributed by atoms with Gasteiger partial charge in [0.25, 0.3) is 0 Å². The summed E-state index contributed by atoms with van der Waals surface area (Å²) in [4.78, 5) is 16.9. The molecule has 6 nitrogen and oxygen atoms in total. The van der Waals surface area contributed by atoms with Crippen molar-refractivity contribution in [2.24, 2.45) is 0 Å². The first-order chi connectivity index (χ1) is 14.1. The maximum absolute atomic E-state index is 12.4. The van der Waals surface area contributed by atoms with Crippen molar-refractivity contribution in [2.75, 3.05) is 19.5 Å². The summed E-state index contributed by atoms with van der Waals surface area (Å²) in [7, 11) is 3.23. The summed E-state index contributed by atoms with van der Waals surface area (Å²) in [5.41, 5.74) is 3.71. The van der Waals surface area contributed by atoms with E-state index in [-0.39, 0.29) is 12.3 Å². The van der Waals surface area contributed by atoms with Crippen LogP contribution < -0.4 is 14.8 Å². The Morgan fingerprint density at radius 3 is 2.52 bits per heavy atom. The summed E-state index contributed by atoms with van der Waals surface area (Å²) < 4.78 is 16.3. The Hall–Kier alpha value is -3.80. The van der Waals surface area contributed by atoms with Gasteiger partial charge in [-0.15, -0.1) is 0 Å². The second-order valence-corrected chi connectivity index (χ2v) is 6.51. The van der Waals surface area contributed by atoms with Crippen molar-refractivity contribution in [1.82, 2.24) is 4.98 Å². The number of nitrogens with zero attached hydrogens (tertiary/aromatic N) is 1. The van der Waals surface area contributed by atoms with Gasteiger partial charge in [-0.3, -0.25) is 4.79 Å². The van der Waals surface area contributed by atoms with Crippen LogP contribution in [0, 0.1) is 0 Å². The molecule has 4 aromatic rings. The third kappa shape index (κ3) is 4.21. The second kappa shape index (κ2) is 8.06. The van der Waals surface area contributed by atoms with Crippen LogP contribution >= 0.6 is 0 Å². The number of rotatable bonds is 6. The Bertz CT molecular complexity index is 1150. The maximum atomic E-state index is 12.4. The fourth-order valence-corrected chi connectivity index (χ4v) is 3.02. The first kappa shape index (κ1) is 18.6. The van der Waals surface area contributed by atoms with E-state index in [9.17, 15) is 4.79 Å². The van der Waals surface area contributed by atoms with Gasteiger partial charge in [0.15, 0.2) is 5.58 Å². The van der Waals surface area contributed by atoms with E-state index in [1.165, 1.54) is 0 Å². The highest BCUT2D eigenvalue weighted by atomic mass is 16.5. The van der Waals surface area contributed by atoms with E-state index in [1.807, 2.05) is 60.7 Å². The molecule has 146 valence electrons. The predicted octanol–water partition coefficient (Wildman–Crippen LogP) is 4.69. The molecule has 0 saturated carbocycles. The first-order valence-electron chi connectivity index (χ1n) is 9.12. The lowest BCUT2D eigenvalue weighted by molar-refractivity contribution is -0.115. The van der Waals surface area contributed by atoms with Crippen LogP contribution in [0.2, 0.25) is 0 Å². The highest BCUT2D eigenvalue weighted by molar-refractivity contribution is 5.94. The lowest BCUT2D eigenvalue weighted by Gasteiger charge is -2.06. The molecule has 0 fully saturated rings. The normalized spacial score (nSPS) is 10.7. The van der Waals surface area contributed by atoms with Crippen LogP contribution in [0.1, 0.15) is 5.56 Å². The molecule has 6 heteroatoms. The fourth-order valence-electron chi connectivity index (χ4n) is 3.02. The molecule has 0 aliphatic heterocycles. The quantitative estimate of drug-likeness (QED) is 0.519. The predicted molar refractivity (Wildman–Crippen MR) is 111 cm³/mol. The third-order valence-electron chi connectivity index (χ3n) is 4.51. The number of aromatic nitrogens is 1. The molecular weight excluding hydrogens is 368 g/mol. The number of carbonyl (C=O) groups excluding carboxylic acids is 1. The molecule has 1 amide bonds. The summed E-state index contributed by atoms with van der Waals surface area (Å²) in [5, 5.41) is 2.90. The van der Waals surface area contributed by atoms with Crippen LogP contribution in [0.5, 0.6) is 11.5 Å². The van der Waals surface area contributed by atoms with Gasteiger partial charge in [-0.1, -0.05) is 18.2 Å². The molecular formula is C23H20N2O4. The number of oxazole rings is 1. The van der Waals surface area contributed by atoms with Crippen LogP contribution in [-0.2, 0) is 11.2 Å². The molecule has 29 heavy (non-hydrogen) atoms. The summed E-state index contributed by atoms with van der Waals surface area (Å²) in [6.07, 6.45) is 0.271. The minimum atomic E-state index is -0.109. The van der Waals surface area contributed by atoms with Gasteiger partial charge >= 0.3 is 0 Å². The van der Waals surface area contributed by atoms with Crippen molar-refractivity contribution in [3.05, 3.63) is 72.3 Å².